The summed E-state index contributed by atoms with van der Waals surface area (Å²) in [6.45, 7) is 0.534. The molecule has 0 amide bonds. The monoisotopic (exact) mass is 317 g/mol. The van der Waals surface area contributed by atoms with Crippen molar-refractivity contribution in [2.45, 2.75) is 6.42 Å². The summed E-state index contributed by atoms with van der Waals surface area (Å²) >= 11 is 13.2. The highest BCUT2D eigenvalue weighted by atomic mass is 35.5. The summed E-state index contributed by atoms with van der Waals surface area (Å²) in [6.07, 6.45) is 2.41. The topological polar surface area (TPSA) is 68.1 Å². The van der Waals surface area contributed by atoms with Crippen LogP contribution in [0, 0.1) is 10.1 Å². The van der Waals surface area contributed by atoms with Gasteiger partial charge in [-0.25, -0.2) is 4.98 Å². The van der Waals surface area contributed by atoms with Crippen molar-refractivity contribution in [1.82, 2.24) is 4.98 Å². The van der Waals surface area contributed by atoms with Gasteiger partial charge < -0.3 is 5.32 Å². The molecule has 0 fully saturated rings. The summed E-state index contributed by atoms with van der Waals surface area (Å²) in [4.78, 5) is 14.6. The van der Waals surface area contributed by atoms with Gasteiger partial charge in [0.25, 0.3) is 5.69 Å². The van der Waals surface area contributed by atoms with Crippen molar-refractivity contribution < 1.29 is 4.92 Å². The first-order valence-electron chi connectivity index (χ1n) is 5.33. The Balaban J connectivity index is 2.10. The molecule has 100 valence electrons. The van der Waals surface area contributed by atoms with E-state index in [0.717, 1.165) is 5.01 Å². The Labute approximate surface area is 123 Å². The number of aromatic nitrogens is 1. The van der Waals surface area contributed by atoms with Crippen LogP contribution in [0.2, 0.25) is 10.0 Å². The highest BCUT2D eigenvalue weighted by molar-refractivity contribution is 7.09. The van der Waals surface area contributed by atoms with Crippen LogP contribution in [0.25, 0.3) is 0 Å². The maximum absolute atomic E-state index is 10.9. The smallest absolute Gasteiger partial charge is 0.293 e. The van der Waals surface area contributed by atoms with E-state index in [2.05, 4.69) is 10.3 Å². The second kappa shape index (κ2) is 6.18. The van der Waals surface area contributed by atoms with Crippen LogP contribution >= 0.6 is 34.5 Å². The second-order valence-electron chi connectivity index (χ2n) is 3.64. The molecular weight excluding hydrogens is 309 g/mol. The van der Waals surface area contributed by atoms with Gasteiger partial charge in [0.1, 0.15) is 5.69 Å². The molecule has 0 unspecified atom stereocenters. The van der Waals surface area contributed by atoms with E-state index in [9.17, 15) is 10.1 Å². The fourth-order valence-corrected chi connectivity index (χ4v) is 2.45. The zero-order valence-electron chi connectivity index (χ0n) is 9.60. The summed E-state index contributed by atoms with van der Waals surface area (Å²) in [5, 5.41) is 17.2. The van der Waals surface area contributed by atoms with Gasteiger partial charge in [0.05, 0.1) is 20.0 Å². The number of hydrogen-bond donors (Lipinski definition) is 1. The maximum Gasteiger partial charge on any atom is 0.293 e. The van der Waals surface area contributed by atoms with Crippen molar-refractivity contribution in [3.05, 3.63) is 48.9 Å². The molecule has 0 aliphatic rings. The lowest BCUT2D eigenvalue weighted by molar-refractivity contribution is -0.383. The SMILES string of the molecule is O=[N+]([O-])c1cc(Cl)c(Cl)cc1NCCc1nccs1. The molecule has 1 N–H and O–H groups in total. The first-order chi connectivity index (χ1) is 9.08. The largest absolute Gasteiger partial charge is 0.379 e. The van der Waals surface area contributed by atoms with Crippen LogP contribution in [0.5, 0.6) is 0 Å². The fraction of sp³-hybridized carbons (Fsp3) is 0.182. The minimum Gasteiger partial charge on any atom is -0.379 e. The lowest BCUT2D eigenvalue weighted by Crippen LogP contribution is -2.06. The number of anilines is 1. The molecule has 0 saturated heterocycles. The van der Waals surface area contributed by atoms with Crippen LogP contribution in [0.4, 0.5) is 11.4 Å². The second-order valence-corrected chi connectivity index (χ2v) is 5.44. The predicted octanol–water partition coefficient (Wildman–Crippen LogP) is 4.01. The molecule has 19 heavy (non-hydrogen) atoms. The van der Waals surface area contributed by atoms with Crippen LogP contribution in [-0.2, 0) is 6.42 Å². The lowest BCUT2D eigenvalue weighted by atomic mass is 10.2. The van der Waals surface area contributed by atoms with E-state index < -0.39 is 4.92 Å². The number of nitro groups is 1. The molecule has 2 rings (SSSR count). The molecule has 0 bridgehead atoms. The quantitative estimate of drug-likeness (QED) is 0.668. The number of nitro benzene ring substituents is 1. The van der Waals surface area contributed by atoms with Crippen LogP contribution in [0.15, 0.2) is 23.7 Å². The normalized spacial score (nSPS) is 10.4. The molecule has 2 aromatic rings. The first kappa shape index (κ1) is 14.0. The third-order valence-electron chi connectivity index (χ3n) is 2.37. The van der Waals surface area contributed by atoms with E-state index in [1.807, 2.05) is 5.38 Å². The van der Waals surface area contributed by atoms with Gasteiger partial charge in [-0.2, -0.15) is 0 Å². The minimum absolute atomic E-state index is 0.0893. The lowest BCUT2D eigenvalue weighted by Gasteiger charge is -2.07. The van der Waals surface area contributed by atoms with E-state index in [1.54, 1.807) is 17.5 Å². The van der Waals surface area contributed by atoms with Gasteiger partial charge in [-0.3, -0.25) is 10.1 Å². The van der Waals surface area contributed by atoms with Crippen LogP contribution in [0.3, 0.4) is 0 Å². The standard InChI is InChI=1S/C11H9Cl2N3O2S/c12-7-5-9(10(16(17)18)6-8(7)13)14-2-1-11-15-3-4-19-11/h3-6,14H,1-2H2. The number of thiazole rings is 1. The highest BCUT2D eigenvalue weighted by Gasteiger charge is 2.16. The number of benzene rings is 1. The van der Waals surface area contributed by atoms with E-state index >= 15 is 0 Å². The van der Waals surface area contributed by atoms with Gasteiger partial charge in [-0.05, 0) is 6.07 Å². The zero-order chi connectivity index (χ0) is 13.8. The molecule has 5 nitrogen and oxygen atoms in total. The molecular formula is C11H9Cl2N3O2S. The van der Waals surface area contributed by atoms with Gasteiger partial charge in [-0.1, -0.05) is 23.2 Å². The minimum atomic E-state index is -0.492. The summed E-state index contributed by atoms with van der Waals surface area (Å²) in [5.41, 5.74) is 0.268. The van der Waals surface area contributed by atoms with E-state index in [-0.39, 0.29) is 15.7 Å². The van der Waals surface area contributed by atoms with Crippen LogP contribution in [-0.4, -0.2) is 16.5 Å². The van der Waals surface area contributed by atoms with Gasteiger partial charge in [0.15, 0.2) is 0 Å². The first-order valence-corrected chi connectivity index (χ1v) is 6.97. The third-order valence-corrected chi connectivity index (χ3v) is 3.93. The van der Waals surface area contributed by atoms with Crippen molar-refractivity contribution in [2.24, 2.45) is 0 Å². The van der Waals surface area contributed by atoms with Crippen LogP contribution in [0.1, 0.15) is 5.01 Å². The molecule has 0 aliphatic carbocycles. The average molecular weight is 318 g/mol. The Morgan fingerprint density at radius 1 is 1.37 bits per heavy atom. The molecule has 0 saturated carbocycles. The molecule has 1 heterocycles. The van der Waals surface area contributed by atoms with Crippen molar-refractivity contribution in [3.8, 4) is 0 Å². The molecule has 0 aliphatic heterocycles. The highest BCUT2D eigenvalue weighted by Crippen LogP contribution is 2.33. The van der Waals surface area contributed by atoms with E-state index in [4.69, 9.17) is 23.2 Å². The number of hydrogen-bond acceptors (Lipinski definition) is 5. The van der Waals surface area contributed by atoms with Gasteiger partial charge in [0.2, 0.25) is 0 Å². The number of nitrogens with zero attached hydrogens (tertiary/aromatic N) is 2. The number of halogens is 2. The van der Waals surface area contributed by atoms with Gasteiger partial charge >= 0.3 is 0 Å². The average Bonchev–Trinajstić information content (AvgIpc) is 2.86. The Morgan fingerprint density at radius 3 is 2.74 bits per heavy atom. The number of rotatable bonds is 5. The molecule has 0 radical (unpaired) electrons. The van der Waals surface area contributed by atoms with Gasteiger partial charge in [-0.15, -0.1) is 11.3 Å². The number of nitrogens with one attached hydrogen (secondary N) is 1. The Hall–Kier alpha value is -1.37. The van der Waals surface area contributed by atoms with E-state index in [1.165, 1.54) is 12.1 Å². The summed E-state index contributed by atoms with van der Waals surface area (Å²) in [7, 11) is 0. The predicted molar refractivity (Wildman–Crippen MR) is 77.4 cm³/mol. The van der Waals surface area contributed by atoms with Crippen molar-refractivity contribution in [1.29, 1.82) is 0 Å². The van der Waals surface area contributed by atoms with Crippen LogP contribution < -0.4 is 5.32 Å². The Morgan fingerprint density at radius 2 is 2.11 bits per heavy atom. The third kappa shape index (κ3) is 3.56. The zero-order valence-corrected chi connectivity index (χ0v) is 11.9. The summed E-state index contributed by atoms with van der Waals surface area (Å²) < 4.78 is 0. The van der Waals surface area contributed by atoms with Crippen molar-refractivity contribution in [2.75, 3.05) is 11.9 Å². The molecule has 0 spiro atoms. The maximum atomic E-state index is 10.9. The van der Waals surface area contributed by atoms with Gasteiger partial charge in [0, 0.05) is 30.6 Å². The van der Waals surface area contributed by atoms with Crippen molar-refractivity contribution >= 4 is 45.9 Å². The molecule has 0 atom stereocenters. The molecule has 8 heteroatoms. The van der Waals surface area contributed by atoms with Crippen molar-refractivity contribution in [3.63, 3.8) is 0 Å². The Bertz CT molecular complexity index is 590. The fourth-order valence-electron chi connectivity index (χ4n) is 1.51. The molecule has 1 aromatic heterocycles. The molecule has 1 aromatic carbocycles. The Kier molecular flexibility index (Phi) is 4.57. The summed E-state index contributed by atoms with van der Waals surface area (Å²) in [5.74, 6) is 0. The van der Waals surface area contributed by atoms with E-state index in [0.29, 0.717) is 18.7 Å². The summed E-state index contributed by atoms with van der Waals surface area (Å²) in [6, 6.07) is 2.71.